The SMILES string of the molecule is CCCC(N)C(=O)NCC(O)c1cc2ccccc2s1.Cl. The Kier molecular flexibility index (Phi) is 7.11. The molecule has 0 bridgehead atoms. The molecule has 0 saturated carbocycles. The van der Waals surface area contributed by atoms with Crippen molar-refractivity contribution in [2.45, 2.75) is 31.9 Å². The average molecular weight is 329 g/mol. The minimum absolute atomic E-state index is 0. The molecule has 0 aliphatic heterocycles. The van der Waals surface area contributed by atoms with Gasteiger partial charge in [-0.25, -0.2) is 0 Å². The van der Waals surface area contributed by atoms with Gasteiger partial charge in [0.1, 0.15) is 6.10 Å². The second-order valence-corrected chi connectivity index (χ2v) is 5.96. The molecule has 116 valence electrons. The van der Waals surface area contributed by atoms with E-state index in [0.29, 0.717) is 6.42 Å². The van der Waals surface area contributed by atoms with Crippen molar-refractivity contribution in [3.8, 4) is 0 Å². The fourth-order valence-electron chi connectivity index (χ4n) is 2.04. The summed E-state index contributed by atoms with van der Waals surface area (Å²) in [6.45, 7) is 2.18. The van der Waals surface area contributed by atoms with Crippen molar-refractivity contribution in [2.24, 2.45) is 5.73 Å². The largest absolute Gasteiger partial charge is 0.386 e. The van der Waals surface area contributed by atoms with Gasteiger partial charge in [0.15, 0.2) is 0 Å². The molecule has 1 aromatic carbocycles. The van der Waals surface area contributed by atoms with Crippen LogP contribution in [0.2, 0.25) is 0 Å². The molecule has 1 amide bonds. The molecule has 2 unspecified atom stereocenters. The van der Waals surface area contributed by atoms with Crippen molar-refractivity contribution < 1.29 is 9.90 Å². The first-order valence-electron chi connectivity index (χ1n) is 6.81. The van der Waals surface area contributed by atoms with Crippen molar-refractivity contribution >= 4 is 39.7 Å². The first-order valence-corrected chi connectivity index (χ1v) is 7.63. The Morgan fingerprint density at radius 2 is 2.14 bits per heavy atom. The van der Waals surface area contributed by atoms with E-state index in [9.17, 15) is 9.90 Å². The van der Waals surface area contributed by atoms with Crippen molar-refractivity contribution in [3.63, 3.8) is 0 Å². The lowest BCUT2D eigenvalue weighted by atomic mass is 10.1. The van der Waals surface area contributed by atoms with Crippen molar-refractivity contribution in [1.82, 2.24) is 5.32 Å². The van der Waals surface area contributed by atoms with Crippen LogP contribution in [-0.4, -0.2) is 23.6 Å². The van der Waals surface area contributed by atoms with Crippen LogP contribution in [0.1, 0.15) is 30.7 Å². The molecule has 1 heterocycles. The normalized spacial score (nSPS) is 13.5. The van der Waals surface area contributed by atoms with Crippen molar-refractivity contribution in [2.75, 3.05) is 6.54 Å². The molecule has 4 nitrogen and oxygen atoms in total. The summed E-state index contributed by atoms with van der Waals surface area (Å²) in [5, 5.41) is 14.0. The molecular weight excluding hydrogens is 308 g/mol. The van der Waals surface area contributed by atoms with Gasteiger partial charge in [-0.05, 0) is 23.9 Å². The predicted octanol–water partition coefficient (Wildman–Crippen LogP) is 2.60. The molecule has 0 aliphatic rings. The summed E-state index contributed by atoms with van der Waals surface area (Å²) in [6, 6.07) is 9.44. The lowest BCUT2D eigenvalue weighted by Gasteiger charge is -2.13. The first-order chi connectivity index (χ1) is 9.61. The van der Waals surface area contributed by atoms with Crippen LogP contribution >= 0.6 is 23.7 Å². The van der Waals surface area contributed by atoms with Crippen LogP contribution in [0, 0.1) is 0 Å². The van der Waals surface area contributed by atoms with E-state index in [4.69, 9.17) is 5.73 Å². The number of benzene rings is 1. The number of aliphatic hydroxyl groups is 1. The lowest BCUT2D eigenvalue weighted by Crippen LogP contribution is -2.41. The molecule has 2 atom stereocenters. The van der Waals surface area contributed by atoms with E-state index in [1.54, 1.807) is 11.3 Å². The van der Waals surface area contributed by atoms with E-state index in [0.717, 1.165) is 21.4 Å². The fraction of sp³-hybridized carbons (Fsp3) is 0.400. The van der Waals surface area contributed by atoms with Gasteiger partial charge in [0.25, 0.3) is 0 Å². The number of rotatable bonds is 6. The summed E-state index contributed by atoms with van der Waals surface area (Å²) < 4.78 is 1.13. The summed E-state index contributed by atoms with van der Waals surface area (Å²) in [7, 11) is 0. The second kappa shape index (κ2) is 8.34. The van der Waals surface area contributed by atoms with Gasteiger partial charge < -0.3 is 16.2 Å². The number of halogens is 1. The molecule has 1 aromatic heterocycles. The predicted molar refractivity (Wildman–Crippen MR) is 89.9 cm³/mol. The van der Waals surface area contributed by atoms with Crippen molar-refractivity contribution in [3.05, 3.63) is 35.2 Å². The number of fused-ring (bicyclic) bond motifs is 1. The van der Waals surface area contributed by atoms with E-state index in [1.165, 1.54) is 0 Å². The molecule has 0 spiro atoms. The molecule has 4 N–H and O–H groups in total. The zero-order valence-electron chi connectivity index (χ0n) is 11.9. The summed E-state index contributed by atoms with van der Waals surface area (Å²) in [5.41, 5.74) is 5.72. The zero-order valence-corrected chi connectivity index (χ0v) is 13.5. The maximum absolute atomic E-state index is 11.7. The Labute approximate surface area is 134 Å². The molecule has 2 aromatic rings. The molecule has 0 fully saturated rings. The monoisotopic (exact) mass is 328 g/mol. The van der Waals surface area contributed by atoms with Crippen LogP contribution < -0.4 is 11.1 Å². The van der Waals surface area contributed by atoms with Gasteiger partial charge in [0, 0.05) is 16.1 Å². The van der Waals surface area contributed by atoms with E-state index < -0.39 is 12.1 Å². The molecule has 0 radical (unpaired) electrons. The van der Waals surface area contributed by atoms with E-state index in [1.807, 2.05) is 37.3 Å². The Morgan fingerprint density at radius 3 is 2.81 bits per heavy atom. The van der Waals surface area contributed by atoms with Gasteiger partial charge >= 0.3 is 0 Å². The number of amides is 1. The maximum atomic E-state index is 11.7. The van der Waals surface area contributed by atoms with Crippen LogP contribution in [0.4, 0.5) is 0 Å². The Morgan fingerprint density at radius 1 is 1.43 bits per heavy atom. The number of thiophene rings is 1. The third kappa shape index (κ3) is 4.68. The highest BCUT2D eigenvalue weighted by atomic mass is 35.5. The number of carbonyl (C=O) groups is 1. The molecule has 6 heteroatoms. The lowest BCUT2D eigenvalue weighted by molar-refractivity contribution is -0.122. The molecular formula is C15H21ClN2O2S. The minimum atomic E-state index is -0.690. The van der Waals surface area contributed by atoms with Crippen molar-refractivity contribution in [1.29, 1.82) is 0 Å². The van der Waals surface area contributed by atoms with E-state index in [2.05, 4.69) is 5.32 Å². The van der Waals surface area contributed by atoms with Crippen LogP contribution in [0.5, 0.6) is 0 Å². The number of carbonyl (C=O) groups excluding carboxylic acids is 1. The standard InChI is InChI=1S/C15H20N2O2S.ClH/c1-2-5-11(16)15(19)17-9-12(18)14-8-10-6-3-4-7-13(10)20-14;/h3-4,6-8,11-12,18H,2,5,9,16H2,1H3,(H,17,19);1H. The minimum Gasteiger partial charge on any atom is -0.386 e. The first kappa shape index (κ1) is 17.9. The number of hydrogen-bond acceptors (Lipinski definition) is 4. The summed E-state index contributed by atoms with van der Waals surface area (Å²) in [4.78, 5) is 12.6. The Balaban J connectivity index is 0.00000220. The van der Waals surface area contributed by atoms with Gasteiger partial charge in [-0.15, -0.1) is 23.7 Å². The molecule has 2 rings (SSSR count). The second-order valence-electron chi connectivity index (χ2n) is 4.84. The van der Waals surface area contributed by atoms with Gasteiger partial charge in [0.2, 0.25) is 5.91 Å². The van der Waals surface area contributed by atoms with Gasteiger partial charge in [0.05, 0.1) is 6.04 Å². The van der Waals surface area contributed by atoms with Gasteiger partial charge in [-0.2, -0.15) is 0 Å². The van der Waals surface area contributed by atoms with Gasteiger partial charge in [-0.1, -0.05) is 31.5 Å². The Hall–Kier alpha value is -1.14. The summed E-state index contributed by atoms with van der Waals surface area (Å²) in [5.74, 6) is -0.202. The highest BCUT2D eigenvalue weighted by Crippen LogP contribution is 2.29. The maximum Gasteiger partial charge on any atom is 0.237 e. The van der Waals surface area contributed by atoms with E-state index >= 15 is 0 Å². The topological polar surface area (TPSA) is 75.4 Å². The number of nitrogens with one attached hydrogen (secondary N) is 1. The number of nitrogens with two attached hydrogens (primary N) is 1. The molecule has 0 saturated heterocycles. The number of hydrogen-bond donors (Lipinski definition) is 3. The summed E-state index contributed by atoms with van der Waals surface area (Å²) in [6.07, 6.45) is 0.836. The smallest absolute Gasteiger partial charge is 0.237 e. The van der Waals surface area contributed by atoms with Crippen LogP contribution in [0.25, 0.3) is 10.1 Å². The highest BCUT2D eigenvalue weighted by Gasteiger charge is 2.16. The number of aliphatic hydroxyl groups excluding tert-OH is 1. The quantitative estimate of drug-likeness (QED) is 0.763. The molecule has 0 aliphatic carbocycles. The summed E-state index contributed by atoms with van der Waals surface area (Å²) >= 11 is 1.54. The molecule has 21 heavy (non-hydrogen) atoms. The van der Waals surface area contributed by atoms with Gasteiger partial charge in [-0.3, -0.25) is 4.79 Å². The van der Waals surface area contributed by atoms with Crippen LogP contribution in [0.15, 0.2) is 30.3 Å². The third-order valence-electron chi connectivity index (χ3n) is 3.18. The fourth-order valence-corrected chi connectivity index (χ4v) is 3.09. The van der Waals surface area contributed by atoms with Crippen LogP contribution in [-0.2, 0) is 4.79 Å². The van der Waals surface area contributed by atoms with E-state index in [-0.39, 0.29) is 24.9 Å². The average Bonchev–Trinajstić information content (AvgIpc) is 2.88. The Bertz CT molecular complexity index is 555. The third-order valence-corrected chi connectivity index (χ3v) is 4.40. The van der Waals surface area contributed by atoms with Crippen LogP contribution in [0.3, 0.4) is 0 Å². The zero-order chi connectivity index (χ0) is 14.5. The highest BCUT2D eigenvalue weighted by molar-refractivity contribution is 7.19.